The first-order valence-electron chi connectivity index (χ1n) is 7.20. The topological polar surface area (TPSA) is 48.8 Å². The summed E-state index contributed by atoms with van der Waals surface area (Å²) in [4.78, 5) is 9.22. The fraction of sp³-hybridized carbons (Fsp3) is 0.667. The number of aliphatic hydroxyl groups excluding tert-OH is 1. The highest BCUT2D eigenvalue weighted by Crippen LogP contribution is 2.17. The number of rotatable bonds is 5. The van der Waals surface area contributed by atoms with Crippen LogP contribution in [0.2, 0.25) is 0 Å². The van der Waals surface area contributed by atoms with E-state index >= 15 is 0 Å². The van der Waals surface area contributed by atoms with Gasteiger partial charge in [0.2, 0.25) is 0 Å². The second-order valence-electron chi connectivity index (χ2n) is 5.54. The highest BCUT2D eigenvalue weighted by molar-refractivity contribution is 5.40. The number of nitrogens with zero attached hydrogens (tertiary/aromatic N) is 3. The van der Waals surface area contributed by atoms with Crippen molar-refractivity contribution in [1.82, 2.24) is 9.88 Å². The molecule has 0 spiro atoms. The quantitative estimate of drug-likeness (QED) is 0.868. The molecule has 0 aromatic carbocycles. The maximum absolute atomic E-state index is 9.85. The summed E-state index contributed by atoms with van der Waals surface area (Å²) < 4.78 is 4.99. The standard InChI is InChI=1S/C15H25N3O2/c1-12-5-4-6-15(16-12)18-8-7-17(13(2)9-18)10-14(19)11-20-3/h4-6,13-14,19H,7-11H2,1-3H3/t13-,14-/m1/s1. The molecule has 2 heterocycles. The lowest BCUT2D eigenvalue weighted by Gasteiger charge is -2.41. The molecule has 5 heteroatoms. The second-order valence-corrected chi connectivity index (χ2v) is 5.54. The zero-order valence-corrected chi connectivity index (χ0v) is 12.6. The van der Waals surface area contributed by atoms with E-state index in [0.29, 0.717) is 19.2 Å². The van der Waals surface area contributed by atoms with E-state index in [2.05, 4.69) is 33.8 Å². The van der Waals surface area contributed by atoms with Crippen molar-refractivity contribution in [3.8, 4) is 0 Å². The van der Waals surface area contributed by atoms with Crippen molar-refractivity contribution in [2.24, 2.45) is 0 Å². The van der Waals surface area contributed by atoms with Gasteiger partial charge in [-0.3, -0.25) is 4.90 Å². The molecule has 2 atom stereocenters. The maximum Gasteiger partial charge on any atom is 0.128 e. The number of β-amino-alcohol motifs (C(OH)–C–C–N with tert-alkyl or cyclic N) is 1. The number of ether oxygens (including phenoxy) is 1. The van der Waals surface area contributed by atoms with E-state index in [1.165, 1.54) is 0 Å². The fourth-order valence-corrected chi connectivity index (χ4v) is 2.70. The minimum absolute atomic E-state index is 0.395. The van der Waals surface area contributed by atoms with E-state index in [-0.39, 0.29) is 0 Å². The molecule has 0 unspecified atom stereocenters. The highest BCUT2D eigenvalue weighted by Gasteiger charge is 2.25. The summed E-state index contributed by atoms with van der Waals surface area (Å²) in [6.45, 7) is 8.11. The number of pyridine rings is 1. The van der Waals surface area contributed by atoms with Gasteiger partial charge in [0, 0.05) is 45.0 Å². The largest absolute Gasteiger partial charge is 0.389 e. The summed E-state index contributed by atoms with van der Waals surface area (Å²) in [5.41, 5.74) is 1.05. The first-order chi connectivity index (χ1) is 9.60. The third kappa shape index (κ3) is 3.91. The Labute approximate surface area is 121 Å². The lowest BCUT2D eigenvalue weighted by Crippen LogP contribution is -2.54. The molecule has 5 nitrogen and oxygen atoms in total. The van der Waals surface area contributed by atoms with Crippen LogP contribution in [-0.4, -0.2) is 67.0 Å². The van der Waals surface area contributed by atoms with Gasteiger partial charge in [-0.2, -0.15) is 0 Å². The molecule has 1 saturated heterocycles. The van der Waals surface area contributed by atoms with Crippen molar-refractivity contribution in [2.45, 2.75) is 26.0 Å². The first kappa shape index (κ1) is 15.2. The van der Waals surface area contributed by atoms with Crippen LogP contribution in [0.1, 0.15) is 12.6 Å². The van der Waals surface area contributed by atoms with Gasteiger partial charge in [0.15, 0.2) is 0 Å². The van der Waals surface area contributed by atoms with Crippen LogP contribution in [-0.2, 0) is 4.74 Å². The van der Waals surface area contributed by atoms with Gasteiger partial charge in [-0.05, 0) is 26.0 Å². The van der Waals surface area contributed by atoms with Crippen LogP contribution in [0.25, 0.3) is 0 Å². The molecule has 0 aliphatic carbocycles. The minimum atomic E-state index is -0.411. The molecule has 1 N–H and O–H groups in total. The molecule has 20 heavy (non-hydrogen) atoms. The van der Waals surface area contributed by atoms with E-state index in [4.69, 9.17) is 4.74 Å². The molecule has 0 bridgehead atoms. The van der Waals surface area contributed by atoms with Crippen molar-refractivity contribution < 1.29 is 9.84 Å². The number of aromatic nitrogens is 1. The van der Waals surface area contributed by atoms with Gasteiger partial charge in [-0.25, -0.2) is 4.98 Å². The molecule has 2 rings (SSSR count). The molecule has 1 aromatic heterocycles. The molecule has 1 aliphatic rings. The Morgan fingerprint density at radius 3 is 2.90 bits per heavy atom. The molecule has 112 valence electrons. The van der Waals surface area contributed by atoms with Gasteiger partial charge in [-0.15, -0.1) is 0 Å². The average molecular weight is 279 g/mol. The molecule has 1 fully saturated rings. The summed E-state index contributed by atoms with van der Waals surface area (Å²) in [7, 11) is 1.62. The summed E-state index contributed by atoms with van der Waals surface area (Å²) in [5.74, 6) is 1.05. The Bertz CT molecular complexity index is 427. The van der Waals surface area contributed by atoms with Gasteiger partial charge < -0.3 is 14.7 Å². The number of methoxy groups -OCH3 is 1. The first-order valence-corrected chi connectivity index (χ1v) is 7.20. The van der Waals surface area contributed by atoms with Crippen molar-refractivity contribution >= 4 is 5.82 Å². The number of anilines is 1. The van der Waals surface area contributed by atoms with Crippen LogP contribution >= 0.6 is 0 Å². The third-order valence-corrected chi connectivity index (χ3v) is 3.77. The van der Waals surface area contributed by atoms with Gasteiger partial charge in [0.1, 0.15) is 5.82 Å². The van der Waals surface area contributed by atoms with Crippen molar-refractivity contribution in [2.75, 3.05) is 44.8 Å². The lowest BCUT2D eigenvalue weighted by molar-refractivity contribution is 0.0260. The van der Waals surface area contributed by atoms with Crippen LogP contribution < -0.4 is 4.90 Å². The predicted molar refractivity (Wildman–Crippen MR) is 80.1 cm³/mol. The Kier molecular flexibility index (Phi) is 5.34. The van der Waals surface area contributed by atoms with Crippen LogP contribution in [0.15, 0.2) is 18.2 Å². The molecule has 0 amide bonds. The van der Waals surface area contributed by atoms with Gasteiger partial charge in [0.25, 0.3) is 0 Å². The summed E-state index contributed by atoms with van der Waals surface area (Å²) in [6.07, 6.45) is -0.411. The van der Waals surface area contributed by atoms with E-state index in [9.17, 15) is 5.11 Å². The number of aryl methyl sites for hydroxylation is 1. The number of hydrogen-bond donors (Lipinski definition) is 1. The zero-order valence-electron chi connectivity index (χ0n) is 12.6. The van der Waals surface area contributed by atoms with Crippen LogP contribution in [0, 0.1) is 6.92 Å². The summed E-state index contributed by atoms with van der Waals surface area (Å²) >= 11 is 0. The van der Waals surface area contributed by atoms with Crippen molar-refractivity contribution in [1.29, 1.82) is 0 Å². The average Bonchev–Trinajstić information content (AvgIpc) is 2.41. The number of hydrogen-bond acceptors (Lipinski definition) is 5. The van der Waals surface area contributed by atoms with E-state index in [1.807, 2.05) is 13.0 Å². The Hall–Kier alpha value is -1.17. The molecule has 1 aromatic rings. The Morgan fingerprint density at radius 2 is 2.25 bits per heavy atom. The Balaban J connectivity index is 1.92. The fourth-order valence-electron chi connectivity index (χ4n) is 2.70. The molecule has 1 aliphatic heterocycles. The predicted octanol–water partition coefficient (Wildman–Crippen LogP) is 0.908. The van der Waals surface area contributed by atoms with E-state index < -0.39 is 6.10 Å². The summed E-state index contributed by atoms with van der Waals surface area (Å²) in [6, 6.07) is 6.54. The summed E-state index contributed by atoms with van der Waals surface area (Å²) in [5, 5.41) is 9.85. The van der Waals surface area contributed by atoms with Gasteiger partial charge in [-0.1, -0.05) is 6.07 Å². The molecular formula is C15H25N3O2. The monoisotopic (exact) mass is 279 g/mol. The van der Waals surface area contributed by atoms with Crippen molar-refractivity contribution in [3.05, 3.63) is 23.9 Å². The van der Waals surface area contributed by atoms with Crippen LogP contribution in [0.3, 0.4) is 0 Å². The van der Waals surface area contributed by atoms with Crippen LogP contribution in [0.5, 0.6) is 0 Å². The zero-order chi connectivity index (χ0) is 14.5. The van der Waals surface area contributed by atoms with E-state index in [0.717, 1.165) is 31.1 Å². The number of aliphatic hydroxyl groups is 1. The minimum Gasteiger partial charge on any atom is -0.389 e. The molecule has 0 radical (unpaired) electrons. The van der Waals surface area contributed by atoms with Crippen LogP contribution in [0.4, 0.5) is 5.82 Å². The normalized spacial score (nSPS) is 22.0. The van der Waals surface area contributed by atoms with Gasteiger partial charge in [0.05, 0.1) is 12.7 Å². The highest BCUT2D eigenvalue weighted by atomic mass is 16.5. The number of piperazine rings is 1. The SMILES string of the molecule is COC[C@H](O)CN1CCN(c2cccc(C)n2)C[C@H]1C. The Morgan fingerprint density at radius 1 is 1.45 bits per heavy atom. The van der Waals surface area contributed by atoms with Gasteiger partial charge >= 0.3 is 0 Å². The van der Waals surface area contributed by atoms with E-state index in [1.54, 1.807) is 7.11 Å². The molecular weight excluding hydrogens is 254 g/mol. The van der Waals surface area contributed by atoms with Crippen molar-refractivity contribution in [3.63, 3.8) is 0 Å². The molecule has 0 saturated carbocycles. The maximum atomic E-state index is 9.85. The smallest absolute Gasteiger partial charge is 0.128 e. The lowest BCUT2D eigenvalue weighted by atomic mass is 10.1. The third-order valence-electron chi connectivity index (χ3n) is 3.77. The second kappa shape index (κ2) is 7.02.